The van der Waals surface area contributed by atoms with Gasteiger partial charge in [0.25, 0.3) is 0 Å². The Balaban J connectivity index is 5.08. The number of aliphatic hydroxyl groups is 1. The van der Waals surface area contributed by atoms with E-state index >= 15 is 0 Å². The monoisotopic (exact) mass is 308 g/mol. The Morgan fingerprint density at radius 2 is 1.85 bits per heavy atom. The van der Waals surface area contributed by atoms with Crippen LogP contribution in [0.3, 0.4) is 0 Å². The third-order valence-electron chi connectivity index (χ3n) is 2.63. The van der Waals surface area contributed by atoms with Gasteiger partial charge in [0.1, 0.15) is 6.04 Å². The molecule has 0 bridgehead atoms. The van der Waals surface area contributed by atoms with Crippen molar-refractivity contribution in [1.82, 2.24) is 9.62 Å². The minimum Gasteiger partial charge on any atom is -0.389 e. The Morgan fingerprint density at radius 3 is 2.15 bits per heavy atom. The summed E-state index contributed by atoms with van der Waals surface area (Å²) in [6.45, 7) is 9.48. The van der Waals surface area contributed by atoms with Crippen LogP contribution in [-0.4, -0.2) is 55.3 Å². The van der Waals surface area contributed by atoms with Gasteiger partial charge in [0.05, 0.1) is 11.9 Å². The molecule has 120 valence electrons. The van der Waals surface area contributed by atoms with Crippen LogP contribution in [0.5, 0.6) is 0 Å². The number of nitrogens with zero attached hydrogens (tertiary/aromatic N) is 1. The predicted molar refractivity (Wildman–Crippen MR) is 79.8 cm³/mol. The minimum absolute atomic E-state index is 0.169. The van der Waals surface area contributed by atoms with Crippen LogP contribution in [0.2, 0.25) is 0 Å². The highest BCUT2D eigenvalue weighted by Crippen LogP contribution is 2.12. The number of hydrogen-bond donors (Lipinski definition) is 2. The molecule has 0 saturated heterocycles. The summed E-state index contributed by atoms with van der Waals surface area (Å²) in [5.41, 5.74) is -1.01. The Bertz CT molecular complexity index is 413. The zero-order valence-corrected chi connectivity index (χ0v) is 14.1. The topological polar surface area (TPSA) is 86.7 Å². The molecule has 0 rings (SSSR count). The lowest BCUT2D eigenvalue weighted by molar-refractivity contribution is -0.136. The number of hydrogen-bond acceptors (Lipinski definition) is 4. The maximum atomic E-state index is 12.5. The lowest BCUT2D eigenvalue weighted by Crippen LogP contribution is -2.52. The maximum absolute atomic E-state index is 12.5. The Morgan fingerprint density at radius 1 is 1.35 bits per heavy atom. The summed E-state index contributed by atoms with van der Waals surface area (Å²) in [7, 11) is -3.46. The van der Waals surface area contributed by atoms with Gasteiger partial charge in [0.15, 0.2) is 0 Å². The van der Waals surface area contributed by atoms with Crippen LogP contribution >= 0.6 is 0 Å². The van der Waals surface area contributed by atoms with Gasteiger partial charge in [0, 0.05) is 13.1 Å². The van der Waals surface area contributed by atoms with Crippen molar-refractivity contribution in [1.29, 1.82) is 0 Å². The van der Waals surface area contributed by atoms with E-state index in [-0.39, 0.29) is 18.4 Å². The van der Waals surface area contributed by atoms with Gasteiger partial charge in [-0.2, -0.15) is 0 Å². The number of carbonyl (C=O) groups excluding carboxylic acids is 1. The van der Waals surface area contributed by atoms with Crippen LogP contribution in [0.1, 0.15) is 41.0 Å². The first-order valence-electron chi connectivity index (χ1n) is 6.84. The van der Waals surface area contributed by atoms with E-state index in [1.807, 2.05) is 13.8 Å². The van der Waals surface area contributed by atoms with Crippen LogP contribution in [0.25, 0.3) is 0 Å². The molecule has 0 aliphatic rings. The maximum Gasteiger partial charge on any atom is 0.240 e. The van der Waals surface area contributed by atoms with Gasteiger partial charge < -0.3 is 10.0 Å². The van der Waals surface area contributed by atoms with Crippen molar-refractivity contribution in [2.24, 2.45) is 5.92 Å². The van der Waals surface area contributed by atoms with Gasteiger partial charge in [0.2, 0.25) is 15.9 Å². The Kier molecular flexibility index (Phi) is 7.13. The second-order valence-electron chi connectivity index (χ2n) is 6.24. The van der Waals surface area contributed by atoms with Crippen LogP contribution in [-0.2, 0) is 14.8 Å². The average Bonchev–Trinajstić information content (AvgIpc) is 2.20. The molecule has 1 unspecified atom stereocenters. The van der Waals surface area contributed by atoms with Crippen molar-refractivity contribution in [3.05, 3.63) is 0 Å². The van der Waals surface area contributed by atoms with E-state index in [1.54, 1.807) is 20.8 Å². The third-order valence-corrected chi connectivity index (χ3v) is 3.35. The van der Waals surface area contributed by atoms with Gasteiger partial charge in [-0.1, -0.05) is 13.8 Å². The van der Waals surface area contributed by atoms with Crippen LogP contribution in [0.15, 0.2) is 0 Å². The third kappa shape index (κ3) is 8.50. The highest BCUT2D eigenvalue weighted by Gasteiger charge is 2.29. The quantitative estimate of drug-likeness (QED) is 0.686. The summed E-state index contributed by atoms with van der Waals surface area (Å²) in [4.78, 5) is 13.9. The van der Waals surface area contributed by atoms with Crippen LogP contribution in [0.4, 0.5) is 0 Å². The summed E-state index contributed by atoms with van der Waals surface area (Å²) >= 11 is 0. The van der Waals surface area contributed by atoms with E-state index in [1.165, 1.54) is 4.90 Å². The molecular weight excluding hydrogens is 280 g/mol. The Hall–Kier alpha value is -0.660. The molecule has 0 fully saturated rings. The standard InChI is InChI=1S/C13H28N2O4S/c1-7-15(9-13(4,5)17)12(16)11(8-10(2)3)14-20(6,18)19/h10-11,14,17H,7-9H2,1-6H3. The van der Waals surface area contributed by atoms with Gasteiger partial charge in [-0.05, 0) is 33.1 Å². The second-order valence-corrected chi connectivity index (χ2v) is 8.02. The number of sulfonamides is 1. The molecule has 1 amide bonds. The van der Waals surface area contributed by atoms with Crippen molar-refractivity contribution in [3.8, 4) is 0 Å². The summed E-state index contributed by atoms with van der Waals surface area (Å²) in [6, 6.07) is -0.785. The summed E-state index contributed by atoms with van der Waals surface area (Å²) < 4.78 is 25.2. The molecule has 20 heavy (non-hydrogen) atoms. The highest BCUT2D eigenvalue weighted by molar-refractivity contribution is 7.88. The molecule has 0 spiro atoms. The lowest BCUT2D eigenvalue weighted by Gasteiger charge is -2.31. The van der Waals surface area contributed by atoms with Crippen LogP contribution < -0.4 is 4.72 Å². The zero-order valence-electron chi connectivity index (χ0n) is 13.3. The van der Waals surface area contributed by atoms with E-state index in [2.05, 4.69) is 4.72 Å². The molecule has 0 aromatic carbocycles. The molecule has 2 N–H and O–H groups in total. The molecule has 0 aromatic rings. The lowest BCUT2D eigenvalue weighted by atomic mass is 10.0. The van der Waals surface area contributed by atoms with Crippen molar-refractivity contribution >= 4 is 15.9 Å². The van der Waals surface area contributed by atoms with E-state index in [0.29, 0.717) is 13.0 Å². The molecule has 1 atom stereocenters. The van der Waals surface area contributed by atoms with Crippen molar-refractivity contribution in [3.63, 3.8) is 0 Å². The average molecular weight is 308 g/mol. The number of rotatable bonds is 8. The smallest absolute Gasteiger partial charge is 0.240 e. The van der Waals surface area contributed by atoms with Gasteiger partial charge >= 0.3 is 0 Å². The normalized spacial score (nSPS) is 14.4. The molecule has 7 heteroatoms. The van der Waals surface area contributed by atoms with Gasteiger partial charge in [-0.3, -0.25) is 4.79 Å². The fourth-order valence-electron chi connectivity index (χ4n) is 1.96. The van der Waals surface area contributed by atoms with E-state index in [4.69, 9.17) is 0 Å². The Labute approximate surface area is 122 Å². The predicted octanol–water partition coefficient (Wildman–Crippen LogP) is 0.570. The van der Waals surface area contributed by atoms with Crippen molar-refractivity contribution in [2.75, 3.05) is 19.3 Å². The highest BCUT2D eigenvalue weighted by atomic mass is 32.2. The van der Waals surface area contributed by atoms with Gasteiger partial charge in [-0.15, -0.1) is 0 Å². The molecule has 0 radical (unpaired) electrons. The van der Waals surface area contributed by atoms with Gasteiger partial charge in [-0.25, -0.2) is 13.1 Å². The first-order valence-corrected chi connectivity index (χ1v) is 8.73. The molecular formula is C13H28N2O4S. The molecule has 0 aliphatic carbocycles. The summed E-state index contributed by atoms with van der Waals surface area (Å²) in [5, 5.41) is 9.83. The summed E-state index contributed by atoms with van der Waals surface area (Å²) in [6.07, 6.45) is 1.47. The largest absolute Gasteiger partial charge is 0.389 e. The number of amides is 1. The fourth-order valence-corrected chi connectivity index (χ4v) is 2.68. The number of likely N-dealkylation sites (N-methyl/N-ethyl adjacent to an activating group) is 1. The minimum atomic E-state index is -3.46. The second kappa shape index (κ2) is 7.38. The zero-order chi connectivity index (χ0) is 16.1. The first-order chi connectivity index (χ1) is 8.85. The molecule has 6 nitrogen and oxygen atoms in total. The van der Waals surface area contributed by atoms with Crippen molar-refractivity contribution < 1.29 is 18.3 Å². The fraction of sp³-hybridized carbons (Fsp3) is 0.923. The molecule has 0 heterocycles. The SMILES string of the molecule is CCN(CC(C)(C)O)C(=O)C(CC(C)C)NS(C)(=O)=O. The van der Waals surface area contributed by atoms with E-state index < -0.39 is 21.7 Å². The molecule has 0 aliphatic heterocycles. The number of nitrogens with one attached hydrogen (secondary N) is 1. The van der Waals surface area contributed by atoms with E-state index in [0.717, 1.165) is 6.26 Å². The van der Waals surface area contributed by atoms with Crippen molar-refractivity contribution in [2.45, 2.75) is 52.7 Å². The van der Waals surface area contributed by atoms with E-state index in [9.17, 15) is 18.3 Å². The van der Waals surface area contributed by atoms with Crippen LogP contribution in [0, 0.1) is 5.92 Å². The summed E-state index contributed by atoms with van der Waals surface area (Å²) in [5.74, 6) is -0.118. The number of carbonyl (C=O) groups is 1. The molecule has 0 saturated carbocycles. The molecule has 0 aromatic heterocycles. The first kappa shape index (κ1) is 19.3.